The van der Waals surface area contributed by atoms with Gasteiger partial charge < -0.3 is 14.7 Å². The lowest BCUT2D eigenvalue weighted by atomic mass is 9.85. The first kappa shape index (κ1) is 19.9. The number of amides is 1. The number of hydrogen-bond acceptors (Lipinski definition) is 3. The molecule has 0 aliphatic carbocycles. The van der Waals surface area contributed by atoms with E-state index in [1.54, 1.807) is 4.90 Å². The predicted molar refractivity (Wildman–Crippen MR) is 108 cm³/mol. The lowest BCUT2D eigenvalue weighted by Crippen LogP contribution is -2.25. The van der Waals surface area contributed by atoms with E-state index in [1.165, 1.54) is 0 Å². The molecule has 1 N–H and O–H groups in total. The topological polar surface area (TPSA) is 66.8 Å². The van der Waals surface area contributed by atoms with E-state index in [1.807, 2.05) is 43.3 Å². The van der Waals surface area contributed by atoms with Gasteiger partial charge in [-0.05, 0) is 35.6 Å². The van der Waals surface area contributed by atoms with Gasteiger partial charge in [0.1, 0.15) is 11.5 Å². The van der Waals surface area contributed by atoms with Crippen LogP contribution in [0.2, 0.25) is 0 Å². The number of carbonyl (C=O) groups is 2. The molecule has 0 saturated carbocycles. The fourth-order valence-electron chi connectivity index (χ4n) is 3.47. The minimum absolute atomic E-state index is 0.0297. The lowest BCUT2D eigenvalue weighted by Gasteiger charge is -2.24. The first-order valence-electron chi connectivity index (χ1n) is 9.52. The van der Waals surface area contributed by atoms with E-state index in [9.17, 15) is 9.59 Å². The van der Waals surface area contributed by atoms with Crippen molar-refractivity contribution in [3.8, 4) is 11.5 Å². The number of aliphatic carboxylic acids is 1. The standard InChI is InChI=1S/C23H27NO4/c1-15-6-5-7-19(23(2,3)4)21(15)28-18-10-8-16(9-11-18)13-24-14-17(22(26)27)12-20(24)25/h5-11,17H,12-14H2,1-4H3,(H,26,27). The van der Waals surface area contributed by atoms with E-state index in [0.29, 0.717) is 6.54 Å². The van der Waals surface area contributed by atoms with Gasteiger partial charge in [-0.15, -0.1) is 0 Å². The second kappa shape index (κ2) is 7.66. The summed E-state index contributed by atoms with van der Waals surface area (Å²) in [5, 5.41) is 9.10. The quantitative estimate of drug-likeness (QED) is 0.827. The van der Waals surface area contributed by atoms with Gasteiger partial charge in [-0.2, -0.15) is 0 Å². The molecule has 0 radical (unpaired) electrons. The SMILES string of the molecule is Cc1cccc(C(C)(C)C)c1Oc1ccc(CN2CC(C(=O)O)CC2=O)cc1. The number of nitrogens with zero attached hydrogens (tertiary/aromatic N) is 1. The van der Waals surface area contributed by atoms with Gasteiger partial charge in [0.15, 0.2) is 0 Å². The molecular weight excluding hydrogens is 354 g/mol. The summed E-state index contributed by atoms with van der Waals surface area (Å²) in [7, 11) is 0. The minimum Gasteiger partial charge on any atom is -0.481 e. The van der Waals surface area contributed by atoms with E-state index < -0.39 is 11.9 Å². The third-order valence-corrected chi connectivity index (χ3v) is 5.10. The summed E-state index contributed by atoms with van der Waals surface area (Å²) < 4.78 is 6.20. The van der Waals surface area contributed by atoms with E-state index in [4.69, 9.17) is 9.84 Å². The largest absolute Gasteiger partial charge is 0.481 e. The van der Waals surface area contributed by atoms with Gasteiger partial charge in [0, 0.05) is 25.1 Å². The van der Waals surface area contributed by atoms with Crippen molar-refractivity contribution in [2.24, 2.45) is 5.92 Å². The summed E-state index contributed by atoms with van der Waals surface area (Å²) in [5.41, 5.74) is 3.16. The summed E-state index contributed by atoms with van der Waals surface area (Å²) in [6.45, 7) is 9.21. The molecule has 1 atom stereocenters. The van der Waals surface area contributed by atoms with Crippen LogP contribution in [0.15, 0.2) is 42.5 Å². The van der Waals surface area contributed by atoms with Crippen LogP contribution < -0.4 is 4.74 Å². The number of carboxylic acid groups (broad SMARTS) is 1. The Hall–Kier alpha value is -2.82. The monoisotopic (exact) mass is 381 g/mol. The van der Waals surface area contributed by atoms with Crippen molar-refractivity contribution in [2.45, 2.75) is 46.1 Å². The van der Waals surface area contributed by atoms with Crippen LogP contribution in [0.25, 0.3) is 0 Å². The molecule has 1 saturated heterocycles. The van der Waals surface area contributed by atoms with Gasteiger partial charge in [-0.25, -0.2) is 0 Å². The molecule has 28 heavy (non-hydrogen) atoms. The van der Waals surface area contributed by atoms with Crippen LogP contribution >= 0.6 is 0 Å². The fraction of sp³-hybridized carbons (Fsp3) is 0.391. The molecule has 1 heterocycles. The number of aryl methyl sites for hydroxylation is 1. The van der Waals surface area contributed by atoms with Gasteiger partial charge >= 0.3 is 5.97 Å². The second-order valence-corrected chi connectivity index (χ2v) is 8.46. The van der Waals surface area contributed by atoms with Crippen LogP contribution in [0.1, 0.15) is 43.9 Å². The maximum absolute atomic E-state index is 12.0. The number of para-hydroxylation sites is 1. The number of hydrogen-bond donors (Lipinski definition) is 1. The fourth-order valence-corrected chi connectivity index (χ4v) is 3.47. The number of likely N-dealkylation sites (tertiary alicyclic amines) is 1. The predicted octanol–water partition coefficient (Wildman–Crippen LogP) is 4.52. The minimum atomic E-state index is -0.910. The number of carbonyl (C=O) groups excluding carboxylic acids is 1. The van der Waals surface area contributed by atoms with Crippen molar-refractivity contribution >= 4 is 11.9 Å². The van der Waals surface area contributed by atoms with Crippen molar-refractivity contribution in [1.29, 1.82) is 0 Å². The number of benzene rings is 2. The number of ether oxygens (including phenoxy) is 1. The molecule has 148 valence electrons. The highest BCUT2D eigenvalue weighted by Crippen LogP contribution is 2.36. The number of rotatable bonds is 5. The zero-order valence-electron chi connectivity index (χ0n) is 16.9. The first-order valence-corrected chi connectivity index (χ1v) is 9.52. The van der Waals surface area contributed by atoms with Crippen LogP contribution in [0.4, 0.5) is 0 Å². The normalized spacial score (nSPS) is 17.1. The Bertz CT molecular complexity index is 880. The van der Waals surface area contributed by atoms with Crippen LogP contribution in [-0.2, 0) is 21.5 Å². The Morgan fingerprint density at radius 3 is 2.43 bits per heavy atom. The van der Waals surface area contributed by atoms with Crippen molar-refractivity contribution in [3.63, 3.8) is 0 Å². The van der Waals surface area contributed by atoms with Gasteiger partial charge in [-0.1, -0.05) is 51.1 Å². The average Bonchev–Trinajstić information content (AvgIpc) is 2.98. The molecule has 5 heteroatoms. The van der Waals surface area contributed by atoms with Crippen LogP contribution in [0.3, 0.4) is 0 Å². The molecule has 2 aromatic rings. The maximum atomic E-state index is 12.0. The first-order chi connectivity index (χ1) is 13.1. The average molecular weight is 381 g/mol. The summed E-state index contributed by atoms with van der Waals surface area (Å²) >= 11 is 0. The summed E-state index contributed by atoms with van der Waals surface area (Å²) in [4.78, 5) is 24.7. The van der Waals surface area contributed by atoms with E-state index in [0.717, 1.165) is 28.2 Å². The van der Waals surface area contributed by atoms with Gasteiger partial charge in [-0.3, -0.25) is 9.59 Å². The van der Waals surface area contributed by atoms with Crippen molar-refractivity contribution in [1.82, 2.24) is 4.90 Å². The van der Waals surface area contributed by atoms with Gasteiger partial charge in [0.2, 0.25) is 5.91 Å². The zero-order chi connectivity index (χ0) is 20.5. The van der Waals surface area contributed by atoms with Crippen molar-refractivity contribution in [3.05, 3.63) is 59.2 Å². The Labute approximate surface area is 165 Å². The van der Waals surface area contributed by atoms with Crippen LogP contribution in [0, 0.1) is 12.8 Å². The second-order valence-electron chi connectivity index (χ2n) is 8.46. The van der Waals surface area contributed by atoms with E-state index in [-0.39, 0.29) is 24.3 Å². The molecule has 0 spiro atoms. The third-order valence-electron chi connectivity index (χ3n) is 5.10. The molecule has 1 aliphatic rings. The van der Waals surface area contributed by atoms with Crippen LogP contribution in [0.5, 0.6) is 11.5 Å². The molecule has 1 aliphatic heterocycles. The third kappa shape index (κ3) is 4.35. The molecule has 2 aromatic carbocycles. The molecular formula is C23H27NO4. The molecule has 1 amide bonds. The summed E-state index contributed by atoms with van der Waals surface area (Å²) in [5.74, 6) is -0.0107. The van der Waals surface area contributed by atoms with Gasteiger partial charge in [0.25, 0.3) is 0 Å². The smallest absolute Gasteiger partial charge is 0.308 e. The highest BCUT2D eigenvalue weighted by atomic mass is 16.5. The zero-order valence-corrected chi connectivity index (χ0v) is 16.9. The molecule has 5 nitrogen and oxygen atoms in total. The van der Waals surface area contributed by atoms with Crippen molar-refractivity contribution in [2.75, 3.05) is 6.54 Å². The molecule has 3 rings (SSSR count). The van der Waals surface area contributed by atoms with Gasteiger partial charge in [0.05, 0.1) is 5.92 Å². The van der Waals surface area contributed by atoms with E-state index in [2.05, 4.69) is 26.8 Å². The molecule has 1 fully saturated rings. The molecule has 0 aromatic heterocycles. The number of carboxylic acids is 1. The van der Waals surface area contributed by atoms with Crippen LogP contribution in [-0.4, -0.2) is 28.4 Å². The Morgan fingerprint density at radius 1 is 1.18 bits per heavy atom. The van der Waals surface area contributed by atoms with E-state index >= 15 is 0 Å². The molecule has 0 bridgehead atoms. The summed E-state index contributed by atoms with van der Waals surface area (Å²) in [6.07, 6.45) is 0.0827. The van der Waals surface area contributed by atoms with Crippen molar-refractivity contribution < 1.29 is 19.4 Å². The molecule has 1 unspecified atom stereocenters. The summed E-state index contributed by atoms with van der Waals surface area (Å²) in [6, 6.07) is 13.8. The lowest BCUT2D eigenvalue weighted by molar-refractivity contribution is -0.141. The Balaban J connectivity index is 1.73. The Morgan fingerprint density at radius 2 is 1.86 bits per heavy atom. The Kier molecular flexibility index (Phi) is 5.45. The highest BCUT2D eigenvalue weighted by Gasteiger charge is 2.34. The maximum Gasteiger partial charge on any atom is 0.308 e. The highest BCUT2D eigenvalue weighted by molar-refractivity contribution is 5.86.